The zero-order valence-corrected chi connectivity index (χ0v) is 18.4. The van der Waals surface area contributed by atoms with E-state index in [2.05, 4.69) is 30.6 Å². The van der Waals surface area contributed by atoms with Gasteiger partial charge in [0.2, 0.25) is 11.7 Å². The van der Waals surface area contributed by atoms with Gasteiger partial charge in [-0.15, -0.1) is 16.8 Å². The van der Waals surface area contributed by atoms with E-state index in [9.17, 15) is 9.59 Å². The van der Waals surface area contributed by atoms with Crippen LogP contribution in [0.3, 0.4) is 0 Å². The van der Waals surface area contributed by atoms with Gasteiger partial charge in [0.15, 0.2) is 5.16 Å². The van der Waals surface area contributed by atoms with Crippen LogP contribution in [0.5, 0.6) is 0 Å². The van der Waals surface area contributed by atoms with E-state index >= 15 is 0 Å². The number of piperidine rings is 1. The summed E-state index contributed by atoms with van der Waals surface area (Å²) in [6.07, 6.45) is 4.91. The van der Waals surface area contributed by atoms with Gasteiger partial charge in [0.1, 0.15) is 0 Å². The Morgan fingerprint density at radius 2 is 1.97 bits per heavy atom. The maximum Gasteiger partial charge on any atom is 0.263 e. The van der Waals surface area contributed by atoms with Gasteiger partial charge in [-0.2, -0.15) is 0 Å². The van der Waals surface area contributed by atoms with Crippen LogP contribution in [0.1, 0.15) is 40.0 Å². The molecule has 3 atom stereocenters. The van der Waals surface area contributed by atoms with E-state index in [0.29, 0.717) is 22.9 Å². The first-order valence-electron chi connectivity index (χ1n) is 10.4. The summed E-state index contributed by atoms with van der Waals surface area (Å²) in [5.41, 5.74) is 0.617. The molecule has 8 heteroatoms. The summed E-state index contributed by atoms with van der Waals surface area (Å²) in [6, 6.07) is 7.92. The topological polar surface area (TPSA) is 72.5 Å². The van der Waals surface area contributed by atoms with Gasteiger partial charge in [0.05, 0.1) is 16.2 Å². The number of likely N-dealkylation sites (tertiary alicyclic amines) is 1. The molecule has 1 saturated heterocycles. The van der Waals surface area contributed by atoms with Crippen LogP contribution in [-0.2, 0) is 11.3 Å². The molecule has 1 amide bonds. The van der Waals surface area contributed by atoms with E-state index in [1.165, 1.54) is 11.8 Å². The summed E-state index contributed by atoms with van der Waals surface area (Å²) in [6.45, 7) is 10.3. The number of carbonyl (C=O) groups excluding carboxylic acids is 1. The van der Waals surface area contributed by atoms with Crippen molar-refractivity contribution in [1.82, 2.24) is 24.1 Å². The zero-order valence-electron chi connectivity index (χ0n) is 17.6. The lowest BCUT2D eigenvalue weighted by Gasteiger charge is -2.40. The SMILES string of the molecule is C=CCn1c(=O)c2ccccc2n2c(S[C@H](C)C(=O)N3[C@H](C)CCC[C@H]3C)nnc12. The Morgan fingerprint density at radius 3 is 2.67 bits per heavy atom. The van der Waals surface area contributed by atoms with Crippen molar-refractivity contribution in [2.24, 2.45) is 0 Å². The number of hydrogen-bond acceptors (Lipinski definition) is 5. The molecule has 7 nitrogen and oxygen atoms in total. The van der Waals surface area contributed by atoms with Gasteiger partial charge in [-0.3, -0.25) is 18.6 Å². The second-order valence-corrected chi connectivity index (χ2v) is 9.28. The molecular formula is C22H27N5O2S. The van der Waals surface area contributed by atoms with E-state index in [4.69, 9.17) is 0 Å². The molecule has 0 N–H and O–H groups in total. The van der Waals surface area contributed by atoms with Crippen molar-refractivity contribution in [2.75, 3.05) is 0 Å². The summed E-state index contributed by atoms with van der Waals surface area (Å²) in [5, 5.41) is 9.52. The third-order valence-electron chi connectivity index (χ3n) is 5.87. The van der Waals surface area contributed by atoms with Crippen molar-refractivity contribution in [3.8, 4) is 0 Å². The number of amides is 1. The molecule has 1 aliphatic heterocycles. The molecule has 0 radical (unpaired) electrons. The molecule has 4 rings (SSSR count). The summed E-state index contributed by atoms with van der Waals surface area (Å²) in [5.74, 6) is 0.584. The van der Waals surface area contributed by atoms with Crippen LogP contribution in [0.4, 0.5) is 0 Å². The van der Waals surface area contributed by atoms with E-state index in [0.717, 1.165) is 24.8 Å². The molecule has 0 bridgehead atoms. The van der Waals surface area contributed by atoms with Crippen LogP contribution in [0, 0.1) is 0 Å². The van der Waals surface area contributed by atoms with Gasteiger partial charge in [-0.25, -0.2) is 0 Å². The monoisotopic (exact) mass is 425 g/mol. The second-order valence-electron chi connectivity index (χ2n) is 7.97. The summed E-state index contributed by atoms with van der Waals surface area (Å²) < 4.78 is 3.44. The Morgan fingerprint density at radius 1 is 1.27 bits per heavy atom. The standard InChI is InChI=1S/C22H27N5O2S/c1-5-13-25-20(29)17-11-6-7-12-18(17)27-21(25)23-24-22(27)30-16(4)19(28)26-14(2)9-8-10-15(26)3/h5-7,11-12,14-16H,1,8-10,13H2,2-4H3/t14-,15-,16-/m1/s1. The van der Waals surface area contributed by atoms with E-state index in [1.54, 1.807) is 16.7 Å². The fourth-order valence-electron chi connectivity index (χ4n) is 4.38. The molecule has 1 aliphatic rings. The van der Waals surface area contributed by atoms with Gasteiger partial charge in [-0.1, -0.05) is 30.0 Å². The summed E-state index contributed by atoms with van der Waals surface area (Å²) >= 11 is 1.39. The van der Waals surface area contributed by atoms with Crippen molar-refractivity contribution in [2.45, 2.75) is 69.1 Å². The van der Waals surface area contributed by atoms with Gasteiger partial charge >= 0.3 is 0 Å². The Labute approximate surface area is 179 Å². The Kier molecular flexibility index (Phi) is 5.69. The van der Waals surface area contributed by atoms with Crippen molar-refractivity contribution >= 4 is 34.3 Å². The molecule has 0 aliphatic carbocycles. The number of fused-ring (bicyclic) bond motifs is 3. The van der Waals surface area contributed by atoms with Crippen molar-refractivity contribution in [3.05, 3.63) is 47.3 Å². The van der Waals surface area contributed by atoms with Crippen molar-refractivity contribution in [3.63, 3.8) is 0 Å². The average Bonchev–Trinajstić information content (AvgIpc) is 3.14. The van der Waals surface area contributed by atoms with Crippen LogP contribution in [-0.4, -0.2) is 47.3 Å². The first kappa shape index (κ1) is 20.7. The highest BCUT2D eigenvalue weighted by Gasteiger charge is 2.33. The third-order valence-corrected chi connectivity index (χ3v) is 6.90. The zero-order chi connectivity index (χ0) is 21.4. The normalized spacial score (nSPS) is 20.6. The van der Waals surface area contributed by atoms with Crippen LogP contribution in [0.25, 0.3) is 16.7 Å². The molecule has 1 aromatic carbocycles. The summed E-state index contributed by atoms with van der Waals surface area (Å²) in [7, 11) is 0. The number of nitrogens with zero attached hydrogens (tertiary/aromatic N) is 5. The minimum absolute atomic E-state index is 0.123. The highest BCUT2D eigenvalue weighted by molar-refractivity contribution is 8.00. The molecule has 3 aromatic rings. The average molecular weight is 426 g/mol. The van der Waals surface area contributed by atoms with Crippen LogP contribution >= 0.6 is 11.8 Å². The Bertz CT molecular complexity index is 1160. The molecule has 0 saturated carbocycles. The molecule has 0 unspecified atom stereocenters. The summed E-state index contributed by atoms with van der Waals surface area (Å²) in [4.78, 5) is 28.2. The number of rotatable bonds is 5. The van der Waals surface area contributed by atoms with E-state index in [-0.39, 0.29) is 28.8 Å². The molecule has 3 heterocycles. The lowest BCUT2D eigenvalue weighted by atomic mass is 9.97. The number of carbonyl (C=O) groups is 1. The minimum Gasteiger partial charge on any atom is -0.336 e. The molecule has 0 spiro atoms. The number of thioether (sulfide) groups is 1. The van der Waals surface area contributed by atoms with Gasteiger partial charge < -0.3 is 4.90 Å². The Balaban J connectivity index is 1.76. The Hall–Kier alpha value is -2.61. The largest absolute Gasteiger partial charge is 0.336 e. The smallest absolute Gasteiger partial charge is 0.263 e. The molecule has 30 heavy (non-hydrogen) atoms. The van der Waals surface area contributed by atoms with Gasteiger partial charge in [0, 0.05) is 18.6 Å². The maximum atomic E-state index is 13.2. The maximum absolute atomic E-state index is 13.2. The quantitative estimate of drug-likeness (QED) is 0.462. The first-order valence-corrected chi connectivity index (χ1v) is 11.3. The lowest BCUT2D eigenvalue weighted by Crippen LogP contribution is -2.50. The van der Waals surface area contributed by atoms with Crippen LogP contribution in [0.15, 0.2) is 46.9 Å². The van der Waals surface area contributed by atoms with Gasteiger partial charge in [-0.05, 0) is 52.2 Å². The van der Waals surface area contributed by atoms with E-state index in [1.807, 2.05) is 34.4 Å². The predicted molar refractivity (Wildman–Crippen MR) is 120 cm³/mol. The highest BCUT2D eigenvalue weighted by Crippen LogP contribution is 2.30. The molecule has 1 fully saturated rings. The third kappa shape index (κ3) is 3.43. The fourth-order valence-corrected chi connectivity index (χ4v) is 5.29. The highest BCUT2D eigenvalue weighted by atomic mass is 32.2. The van der Waals surface area contributed by atoms with Crippen LogP contribution in [0.2, 0.25) is 0 Å². The van der Waals surface area contributed by atoms with Crippen molar-refractivity contribution in [1.29, 1.82) is 0 Å². The van der Waals surface area contributed by atoms with Crippen LogP contribution < -0.4 is 5.56 Å². The first-order chi connectivity index (χ1) is 14.4. The number of hydrogen-bond donors (Lipinski definition) is 0. The van der Waals surface area contributed by atoms with E-state index < -0.39 is 0 Å². The van der Waals surface area contributed by atoms with Gasteiger partial charge in [0.25, 0.3) is 5.56 Å². The molecular weight excluding hydrogens is 398 g/mol. The number of para-hydroxylation sites is 1. The van der Waals surface area contributed by atoms with Crippen molar-refractivity contribution < 1.29 is 4.79 Å². The fraction of sp³-hybridized carbons (Fsp3) is 0.455. The molecule has 158 valence electrons. The number of aromatic nitrogens is 4. The second kappa shape index (κ2) is 8.26. The number of allylic oxidation sites excluding steroid dienone is 1. The minimum atomic E-state index is -0.307. The number of benzene rings is 1. The predicted octanol–water partition coefficient (Wildman–Crippen LogP) is 3.50. The molecule has 2 aromatic heterocycles. The lowest BCUT2D eigenvalue weighted by molar-refractivity contribution is -0.136.